The van der Waals surface area contributed by atoms with Crippen molar-refractivity contribution >= 4 is 16.8 Å². The Kier molecular flexibility index (Phi) is 4.54. The molecular formula is C19H20N4O2. The summed E-state index contributed by atoms with van der Waals surface area (Å²) in [5, 5.41) is 0. The Hall–Kier alpha value is -2.57. The zero-order chi connectivity index (χ0) is 17.1. The van der Waals surface area contributed by atoms with E-state index in [1.54, 1.807) is 0 Å². The first kappa shape index (κ1) is 15.9. The van der Waals surface area contributed by atoms with Crippen molar-refractivity contribution in [2.75, 3.05) is 32.2 Å². The van der Waals surface area contributed by atoms with Crippen molar-refractivity contribution in [2.45, 2.75) is 12.8 Å². The Morgan fingerprint density at radius 3 is 1.72 bits per heavy atom. The monoisotopic (exact) mass is 336 g/mol. The maximum atomic E-state index is 5.80. The van der Waals surface area contributed by atoms with E-state index in [4.69, 9.17) is 30.2 Å². The van der Waals surface area contributed by atoms with Crippen LogP contribution in [0.4, 0.5) is 5.69 Å². The van der Waals surface area contributed by atoms with E-state index in [0.717, 1.165) is 46.9 Å². The summed E-state index contributed by atoms with van der Waals surface area (Å²) in [6, 6.07) is 7.60. The molecular weight excluding hydrogens is 316 g/mol. The van der Waals surface area contributed by atoms with E-state index in [9.17, 15) is 0 Å². The summed E-state index contributed by atoms with van der Waals surface area (Å²) in [5.41, 5.74) is 9.67. The minimum Gasteiger partial charge on any atom is -0.399 e. The highest BCUT2D eigenvalue weighted by atomic mass is 16.5. The minimum atomic E-state index is 0.601. The zero-order valence-electron chi connectivity index (χ0n) is 13.9. The average molecular weight is 336 g/mol. The van der Waals surface area contributed by atoms with Gasteiger partial charge in [-0.05, 0) is 48.3 Å². The number of aromatic nitrogens is 3. The third-order valence-corrected chi connectivity index (χ3v) is 4.31. The fourth-order valence-corrected chi connectivity index (χ4v) is 2.88. The molecule has 0 radical (unpaired) electrons. The third kappa shape index (κ3) is 3.60. The lowest BCUT2D eigenvalue weighted by atomic mass is 10.1. The van der Waals surface area contributed by atoms with E-state index in [2.05, 4.69) is 0 Å². The molecule has 1 aromatic heterocycles. The molecule has 0 bridgehead atoms. The Bertz CT molecular complexity index is 784. The van der Waals surface area contributed by atoms with Gasteiger partial charge in [-0.25, -0.2) is 15.0 Å². The van der Waals surface area contributed by atoms with E-state index >= 15 is 0 Å². The number of ether oxygens (including phenoxy) is 2. The highest BCUT2D eigenvalue weighted by Crippen LogP contribution is 2.25. The van der Waals surface area contributed by atoms with E-state index in [0.29, 0.717) is 32.3 Å². The molecule has 0 amide bonds. The van der Waals surface area contributed by atoms with Gasteiger partial charge in [0.1, 0.15) is 0 Å². The van der Waals surface area contributed by atoms with Gasteiger partial charge in [-0.3, -0.25) is 0 Å². The van der Waals surface area contributed by atoms with Gasteiger partial charge in [0, 0.05) is 11.3 Å². The lowest BCUT2D eigenvalue weighted by Gasteiger charge is -2.16. The van der Waals surface area contributed by atoms with Crippen LogP contribution in [-0.4, -0.2) is 41.4 Å². The van der Waals surface area contributed by atoms with Crippen LogP contribution in [0.25, 0.3) is 22.5 Å². The summed E-state index contributed by atoms with van der Waals surface area (Å²) in [6.07, 6.45) is 5.72. The molecule has 2 aliphatic rings. The first-order valence-corrected chi connectivity index (χ1v) is 8.46. The van der Waals surface area contributed by atoms with E-state index < -0.39 is 0 Å². The van der Waals surface area contributed by atoms with Gasteiger partial charge in [0.25, 0.3) is 0 Å². The number of hydrogen-bond donors (Lipinski definition) is 1. The summed E-state index contributed by atoms with van der Waals surface area (Å²) in [6.45, 7) is 2.59. The molecule has 0 atom stereocenters. The first-order valence-electron chi connectivity index (χ1n) is 8.46. The number of nitrogen functional groups attached to an aromatic ring is 1. The van der Waals surface area contributed by atoms with Crippen molar-refractivity contribution in [1.29, 1.82) is 0 Å². The minimum absolute atomic E-state index is 0.601. The maximum Gasteiger partial charge on any atom is 0.164 e. The zero-order valence-corrected chi connectivity index (χ0v) is 13.9. The Labute approximate surface area is 146 Å². The smallest absolute Gasteiger partial charge is 0.164 e. The number of nitrogens with zero attached hydrogens (tertiary/aromatic N) is 3. The van der Waals surface area contributed by atoms with Crippen molar-refractivity contribution < 1.29 is 9.47 Å². The fraction of sp³-hybridized carbons (Fsp3) is 0.316. The molecule has 1 aromatic carbocycles. The molecule has 6 heteroatoms. The van der Waals surface area contributed by atoms with Crippen molar-refractivity contribution in [3.63, 3.8) is 0 Å². The maximum absolute atomic E-state index is 5.80. The van der Waals surface area contributed by atoms with Crippen LogP contribution in [0.2, 0.25) is 0 Å². The Morgan fingerprint density at radius 2 is 1.24 bits per heavy atom. The number of hydrogen-bond acceptors (Lipinski definition) is 6. The van der Waals surface area contributed by atoms with Crippen LogP contribution in [0.5, 0.6) is 0 Å². The van der Waals surface area contributed by atoms with Crippen LogP contribution in [0.3, 0.4) is 0 Å². The van der Waals surface area contributed by atoms with Crippen molar-refractivity contribution in [3.8, 4) is 11.4 Å². The van der Waals surface area contributed by atoms with Gasteiger partial charge in [0.05, 0.1) is 26.4 Å². The van der Waals surface area contributed by atoms with Gasteiger partial charge in [0.15, 0.2) is 17.5 Å². The molecule has 2 aliphatic heterocycles. The molecule has 128 valence electrons. The van der Waals surface area contributed by atoms with Crippen LogP contribution in [0, 0.1) is 0 Å². The molecule has 0 fully saturated rings. The largest absolute Gasteiger partial charge is 0.399 e. The summed E-state index contributed by atoms with van der Waals surface area (Å²) in [5.74, 6) is 2.12. The highest BCUT2D eigenvalue weighted by Gasteiger charge is 2.17. The fourth-order valence-electron chi connectivity index (χ4n) is 2.88. The number of rotatable bonds is 3. The van der Waals surface area contributed by atoms with E-state index in [-0.39, 0.29) is 0 Å². The summed E-state index contributed by atoms with van der Waals surface area (Å²) in [4.78, 5) is 14.1. The lowest BCUT2D eigenvalue weighted by Crippen LogP contribution is -2.12. The van der Waals surface area contributed by atoms with Gasteiger partial charge >= 0.3 is 0 Å². The van der Waals surface area contributed by atoms with Crippen LogP contribution in [-0.2, 0) is 9.47 Å². The predicted molar refractivity (Wildman–Crippen MR) is 96.5 cm³/mol. The first-order chi connectivity index (χ1) is 12.3. The van der Waals surface area contributed by atoms with Gasteiger partial charge < -0.3 is 15.2 Å². The standard InChI is InChI=1S/C19H20N4O2/c20-16-3-1-13(2-4-16)17-21-18(14-5-9-24-10-6-14)23-19(22-17)15-7-11-25-12-8-15/h1-5,7H,6,8-12,20H2. The molecule has 0 saturated carbocycles. The van der Waals surface area contributed by atoms with Crippen LogP contribution < -0.4 is 5.73 Å². The summed E-state index contributed by atoms with van der Waals surface area (Å²) < 4.78 is 10.8. The molecule has 0 unspecified atom stereocenters. The topological polar surface area (TPSA) is 83.2 Å². The van der Waals surface area contributed by atoms with Crippen LogP contribution >= 0.6 is 0 Å². The SMILES string of the molecule is Nc1ccc(-c2nc(C3=CCOCC3)nc(C3=CCOCC3)n2)cc1. The van der Waals surface area contributed by atoms with Gasteiger partial charge in [-0.2, -0.15) is 0 Å². The summed E-state index contributed by atoms with van der Waals surface area (Å²) in [7, 11) is 0. The van der Waals surface area contributed by atoms with Gasteiger partial charge in [-0.1, -0.05) is 12.2 Å². The predicted octanol–water partition coefficient (Wildman–Crippen LogP) is 2.73. The van der Waals surface area contributed by atoms with Crippen molar-refractivity contribution in [1.82, 2.24) is 15.0 Å². The van der Waals surface area contributed by atoms with Crippen LogP contribution in [0.1, 0.15) is 24.5 Å². The number of benzene rings is 1. The molecule has 25 heavy (non-hydrogen) atoms. The molecule has 0 saturated heterocycles. The molecule has 6 nitrogen and oxygen atoms in total. The lowest BCUT2D eigenvalue weighted by molar-refractivity contribution is 0.161. The second-order valence-electron chi connectivity index (χ2n) is 6.04. The van der Waals surface area contributed by atoms with Gasteiger partial charge in [0.2, 0.25) is 0 Å². The average Bonchev–Trinajstić information content (AvgIpc) is 2.69. The second kappa shape index (κ2) is 7.13. The van der Waals surface area contributed by atoms with Crippen LogP contribution in [0.15, 0.2) is 36.4 Å². The molecule has 4 rings (SSSR count). The van der Waals surface area contributed by atoms with Gasteiger partial charge in [-0.15, -0.1) is 0 Å². The number of nitrogens with two attached hydrogens (primary N) is 1. The summed E-state index contributed by atoms with van der Waals surface area (Å²) >= 11 is 0. The number of anilines is 1. The molecule has 2 N–H and O–H groups in total. The third-order valence-electron chi connectivity index (χ3n) is 4.31. The Morgan fingerprint density at radius 1 is 0.720 bits per heavy atom. The molecule has 0 aliphatic carbocycles. The van der Waals surface area contributed by atoms with E-state index in [1.165, 1.54) is 0 Å². The molecule has 0 spiro atoms. The molecule has 2 aromatic rings. The molecule has 3 heterocycles. The van der Waals surface area contributed by atoms with Crippen molar-refractivity contribution in [3.05, 3.63) is 48.1 Å². The second-order valence-corrected chi connectivity index (χ2v) is 6.04. The normalized spacial score (nSPS) is 17.8. The quantitative estimate of drug-likeness (QED) is 0.868. The highest BCUT2D eigenvalue weighted by molar-refractivity contribution is 5.68. The Balaban J connectivity index is 1.80. The van der Waals surface area contributed by atoms with Crippen molar-refractivity contribution in [2.24, 2.45) is 0 Å². The van der Waals surface area contributed by atoms with E-state index in [1.807, 2.05) is 36.4 Å².